The zero-order valence-electron chi connectivity index (χ0n) is 11.9. The Bertz CT molecular complexity index is 613. The standard InChI is InChI=1S/C17H18ClNO2/c1-13-5-2-3-6-14(13)11-17(20)19-9-10-21-16-8-4-7-15(18)12-16/h2-8,12H,9-11H2,1H3,(H,19,20). The number of hydrogen-bond acceptors (Lipinski definition) is 2. The monoisotopic (exact) mass is 303 g/mol. The molecule has 2 aromatic carbocycles. The molecular weight excluding hydrogens is 286 g/mol. The van der Waals surface area contributed by atoms with Crippen LogP contribution in [0.5, 0.6) is 5.75 Å². The minimum Gasteiger partial charge on any atom is -0.492 e. The fourth-order valence-corrected chi connectivity index (χ4v) is 2.14. The molecule has 21 heavy (non-hydrogen) atoms. The van der Waals surface area contributed by atoms with Crippen molar-refractivity contribution in [1.29, 1.82) is 0 Å². The number of amides is 1. The van der Waals surface area contributed by atoms with Crippen LogP contribution in [0.2, 0.25) is 5.02 Å². The van der Waals surface area contributed by atoms with Crippen molar-refractivity contribution in [2.45, 2.75) is 13.3 Å². The van der Waals surface area contributed by atoms with Crippen molar-refractivity contribution in [3.05, 3.63) is 64.7 Å². The number of rotatable bonds is 6. The Hall–Kier alpha value is -2.00. The van der Waals surface area contributed by atoms with E-state index in [1.165, 1.54) is 0 Å². The van der Waals surface area contributed by atoms with Gasteiger partial charge < -0.3 is 10.1 Å². The number of nitrogens with one attached hydrogen (secondary N) is 1. The van der Waals surface area contributed by atoms with Gasteiger partial charge in [0.05, 0.1) is 13.0 Å². The smallest absolute Gasteiger partial charge is 0.224 e. The molecule has 110 valence electrons. The summed E-state index contributed by atoms with van der Waals surface area (Å²) in [7, 11) is 0. The summed E-state index contributed by atoms with van der Waals surface area (Å²) >= 11 is 5.86. The first-order chi connectivity index (χ1) is 10.1. The van der Waals surface area contributed by atoms with Gasteiger partial charge in [0.1, 0.15) is 12.4 Å². The summed E-state index contributed by atoms with van der Waals surface area (Å²) in [5, 5.41) is 3.48. The summed E-state index contributed by atoms with van der Waals surface area (Å²) in [6, 6.07) is 15.1. The largest absolute Gasteiger partial charge is 0.492 e. The second-order valence-corrected chi connectivity index (χ2v) is 5.20. The molecule has 0 fully saturated rings. The van der Waals surface area contributed by atoms with Gasteiger partial charge in [-0.15, -0.1) is 0 Å². The molecule has 0 spiro atoms. The number of aryl methyl sites for hydroxylation is 1. The summed E-state index contributed by atoms with van der Waals surface area (Å²) in [6.45, 7) is 2.89. The molecule has 0 aliphatic heterocycles. The first kappa shape index (κ1) is 15.4. The molecule has 0 heterocycles. The van der Waals surface area contributed by atoms with Crippen LogP contribution in [-0.2, 0) is 11.2 Å². The van der Waals surface area contributed by atoms with E-state index >= 15 is 0 Å². The maximum atomic E-state index is 11.8. The lowest BCUT2D eigenvalue weighted by molar-refractivity contribution is -0.120. The molecule has 0 aliphatic carbocycles. The molecule has 0 saturated heterocycles. The topological polar surface area (TPSA) is 38.3 Å². The highest BCUT2D eigenvalue weighted by Crippen LogP contribution is 2.16. The molecule has 0 atom stereocenters. The zero-order valence-corrected chi connectivity index (χ0v) is 12.7. The van der Waals surface area contributed by atoms with Crippen molar-refractivity contribution in [1.82, 2.24) is 5.32 Å². The Kier molecular flexibility index (Phi) is 5.64. The fourth-order valence-electron chi connectivity index (χ4n) is 1.96. The molecule has 1 N–H and O–H groups in total. The van der Waals surface area contributed by atoms with E-state index in [4.69, 9.17) is 16.3 Å². The highest BCUT2D eigenvalue weighted by molar-refractivity contribution is 6.30. The average molecular weight is 304 g/mol. The quantitative estimate of drug-likeness (QED) is 0.831. The summed E-state index contributed by atoms with van der Waals surface area (Å²) in [5.41, 5.74) is 2.17. The Balaban J connectivity index is 1.71. The van der Waals surface area contributed by atoms with Crippen LogP contribution < -0.4 is 10.1 Å². The summed E-state index contributed by atoms with van der Waals surface area (Å²) in [6.07, 6.45) is 0.393. The van der Waals surface area contributed by atoms with Gasteiger partial charge in [-0.1, -0.05) is 41.9 Å². The van der Waals surface area contributed by atoms with Gasteiger partial charge in [0.25, 0.3) is 0 Å². The van der Waals surface area contributed by atoms with Gasteiger partial charge in [0.2, 0.25) is 5.91 Å². The molecule has 0 radical (unpaired) electrons. The lowest BCUT2D eigenvalue weighted by Gasteiger charge is -2.09. The van der Waals surface area contributed by atoms with Crippen LogP contribution in [0.15, 0.2) is 48.5 Å². The predicted molar refractivity (Wildman–Crippen MR) is 84.8 cm³/mol. The molecule has 4 heteroatoms. The highest BCUT2D eigenvalue weighted by Gasteiger charge is 2.04. The van der Waals surface area contributed by atoms with Crippen LogP contribution in [0, 0.1) is 6.92 Å². The molecule has 2 rings (SSSR count). The molecular formula is C17H18ClNO2. The second-order valence-electron chi connectivity index (χ2n) is 4.76. The second kappa shape index (κ2) is 7.70. The summed E-state index contributed by atoms with van der Waals surface area (Å²) in [5.74, 6) is 0.703. The van der Waals surface area contributed by atoms with Gasteiger partial charge >= 0.3 is 0 Å². The Morgan fingerprint density at radius 3 is 2.76 bits per heavy atom. The molecule has 3 nitrogen and oxygen atoms in total. The number of halogens is 1. The van der Waals surface area contributed by atoms with Crippen molar-refractivity contribution < 1.29 is 9.53 Å². The minimum absolute atomic E-state index is 0.000931. The third-order valence-electron chi connectivity index (χ3n) is 3.10. The first-order valence-electron chi connectivity index (χ1n) is 6.85. The van der Waals surface area contributed by atoms with Crippen LogP contribution in [0.4, 0.5) is 0 Å². The van der Waals surface area contributed by atoms with E-state index in [1.807, 2.05) is 43.3 Å². The van der Waals surface area contributed by atoms with Crippen molar-refractivity contribution in [3.8, 4) is 5.75 Å². The van der Waals surface area contributed by atoms with Crippen LogP contribution >= 0.6 is 11.6 Å². The predicted octanol–water partition coefficient (Wildman–Crippen LogP) is 3.39. The minimum atomic E-state index is -0.000931. The van der Waals surface area contributed by atoms with Gasteiger partial charge in [-0.05, 0) is 36.2 Å². The lowest BCUT2D eigenvalue weighted by atomic mass is 10.1. The van der Waals surface area contributed by atoms with Crippen LogP contribution in [-0.4, -0.2) is 19.1 Å². The fraction of sp³-hybridized carbons (Fsp3) is 0.235. The maximum absolute atomic E-state index is 11.8. The van der Waals surface area contributed by atoms with Crippen molar-refractivity contribution in [3.63, 3.8) is 0 Å². The van der Waals surface area contributed by atoms with E-state index in [0.29, 0.717) is 30.3 Å². The highest BCUT2D eigenvalue weighted by atomic mass is 35.5. The van der Waals surface area contributed by atoms with Crippen LogP contribution in [0.1, 0.15) is 11.1 Å². The molecule has 0 bridgehead atoms. The molecule has 0 aromatic heterocycles. The van der Waals surface area contributed by atoms with Gasteiger partial charge in [0, 0.05) is 5.02 Å². The summed E-state index contributed by atoms with van der Waals surface area (Å²) in [4.78, 5) is 11.8. The van der Waals surface area contributed by atoms with E-state index < -0.39 is 0 Å². The number of benzene rings is 2. The van der Waals surface area contributed by atoms with Gasteiger partial charge in [-0.3, -0.25) is 4.79 Å². The average Bonchev–Trinajstić information content (AvgIpc) is 2.46. The number of carbonyl (C=O) groups excluding carboxylic acids is 1. The molecule has 2 aromatic rings. The van der Waals surface area contributed by atoms with E-state index in [9.17, 15) is 4.79 Å². The third-order valence-corrected chi connectivity index (χ3v) is 3.34. The lowest BCUT2D eigenvalue weighted by Crippen LogP contribution is -2.29. The first-order valence-corrected chi connectivity index (χ1v) is 7.22. The van der Waals surface area contributed by atoms with Gasteiger partial charge in [-0.25, -0.2) is 0 Å². The number of hydrogen-bond donors (Lipinski definition) is 1. The Morgan fingerprint density at radius 2 is 2.00 bits per heavy atom. The number of carbonyl (C=O) groups is 1. The summed E-state index contributed by atoms with van der Waals surface area (Å²) < 4.78 is 5.51. The molecule has 0 aliphatic rings. The van der Waals surface area contributed by atoms with E-state index in [0.717, 1.165) is 11.1 Å². The molecule has 0 saturated carbocycles. The van der Waals surface area contributed by atoms with Gasteiger partial charge in [-0.2, -0.15) is 0 Å². The third kappa shape index (κ3) is 5.12. The SMILES string of the molecule is Cc1ccccc1CC(=O)NCCOc1cccc(Cl)c1. The van der Waals surface area contributed by atoms with Crippen molar-refractivity contribution >= 4 is 17.5 Å². The molecule has 1 amide bonds. The van der Waals surface area contributed by atoms with Crippen molar-refractivity contribution in [2.24, 2.45) is 0 Å². The van der Waals surface area contributed by atoms with E-state index in [-0.39, 0.29) is 5.91 Å². The normalized spacial score (nSPS) is 10.2. The van der Waals surface area contributed by atoms with Crippen LogP contribution in [0.25, 0.3) is 0 Å². The maximum Gasteiger partial charge on any atom is 0.224 e. The Labute approximate surface area is 129 Å². The number of ether oxygens (including phenoxy) is 1. The van der Waals surface area contributed by atoms with E-state index in [2.05, 4.69) is 5.32 Å². The molecule has 0 unspecified atom stereocenters. The zero-order chi connectivity index (χ0) is 15.1. The van der Waals surface area contributed by atoms with E-state index in [1.54, 1.807) is 12.1 Å². The van der Waals surface area contributed by atoms with Crippen molar-refractivity contribution in [2.75, 3.05) is 13.2 Å². The Morgan fingerprint density at radius 1 is 1.19 bits per heavy atom. The van der Waals surface area contributed by atoms with Gasteiger partial charge in [0.15, 0.2) is 0 Å². The van der Waals surface area contributed by atoms with Crippen LogP contribution in [0.3, 0.4) is 0 Å².